The normalized spacial score (nSPS) is 19.8. The fourth-order valence-corrected chi connectivity index (χ4v) is 3.02. The molecule has 122 valence electrons. The quantitative estimate of drug-likeness (QED) is 0.879. The molecule has 2 rings (SSSR count). The molecule has 4 nitrogen and oxygen atoms in total. The zero-order valence-electron chi connectivity index (χ0n) is 13.6. The third-order valence-corrected chi connectivity index (χ3v) is 4.51. The Kier molecular flexibility index (Phi) is 6.25. The van der Waals surface area contributed by atoms with Gasteiger partial charge in [0.1, 0.15) is 5.75 Å². The molecule has 0 saturated carbocycles. The van der Waals surface area contributed by atoms with Crippen molar-refractivity contribution in [2.45, 2.75) is 45.1 Å². The lowest BCUT2D eigenvalue weighted by atomic mass is 9.93. The van der Waals surface area contributed by atoms with Crippen LogP contribution in [-0.4, -0.2) is 42.2 Å². The van der Waals surface area contributed by atoms with E-state index in [0.29, 0.717) is 13.0 Å². The Balaban J connectivity index is 1.75. The lowest BCUT2D eigenvalue weighted by Gasteiger charge is -2.34. The average molecular weight is 305 g/mol. The number of aliphatic hydroxyl groups excluding tert-OH is 1. The van der Waals surface area contributed by atoms with Crippen LogP contribution in [0.25, 0.3) is 0 Å². The number of ether oxygens (including phenoxy) is 1. The topological polar surface area (TPSA) is 49.8 Å². The summed E-state index contributed by atoms with van der Waals surface area (Å²) in [6.07, 6.45) is 4.05. The van der Waals surface area contributed by atoms with Crippen molar-refractivity contribution in [3.63, 3.8) is 0 Å². The molecule has 0 bridgehead atoms. The molecule has 0 aromatic heterocycles. The number of aryl methyl sites for hydroxylation is 1. The first-order valence-corrected chi connectivity index (χ1v) is 8.19. The summed E-state index contributed by atoms with van der Waals surface area (Å²) in [5.41, 5.74) is 1.23. The number of likely N-dealkylation sites (tertiary alicyclic amines) is 1. The molecular formula is C18H27NO3. The largest absolute Gasteiger partial charge is 0.497 e. The molecule has 1 heterocycles. The smallest absolute Gasteiger partial charge is 0.222 e. The van der Waals surface area contributed by atoms with Gasteiger partial charge < -0.3 is 14.7 Å². The van der Waals surface area contributed by atoms with Gasteiger partial charge in [0.15, 0.2) is 0 Å². The number of benzene rings is 1. The Morgan fingerprint density at radius 1 is 1.41 bits per heavy atom. The third-order valence-electron chi connectivity index (χ3n) is 4.51. The highest BCUT2D eigenvalue weighted by Crippen LogP contribution is 2.21. The van der Waals surface area contributed by atoms with E-state index in [-0.39, 0.29) is 17.9 Å². The van der Waals surface area contributed by atoms with Crippen molar-refractivity contribution in [1.29, 1.82) is 0 Å². The second-order valence-corrected chi connectivity index (χ2v) is 6.18. The average Bonchev–Trinajstić information content (AvgIpc) is 2.55. The van der Waals surface area contributed by atoms with Crippen LogP contribution in [0.5, 0.6) is 5.75 Å². The monoisotopic (exact) mass is 305 g/mol. The third kappa shape index (κ3) is 4.73. The number of methoxy groups -OCH3 is 1. The van der Waals surface area contributed by atoms with Crippen LogP contribution in [0.15, 0.2) is 24.3 Å². The number of piperidine rings is 1. The number of hydrogen-bond acceptors (Lipinski definition) is 3. The molecule has 4 heteroatoms. The fraction of sp³-hybridized carbons (Fsp3) is 0.611. The van der Waals surface area contributed by atoms with Crippen molar-refractivity contribution >= 4 is 5.91 Å². The van der Waals surface area contributed by atoms with Crippen molar-refractivity contribution in [3.8, 4) is 5.75 Å². The Hall–Kier alpha value is -1.55. The van der Waals surface area contributed by atoms with E-state index in [1.54, 1.807) is 7.11 Å². The second kappa shape index (κ2) is 8.18. The SMILES string of the molecule is COc1ccc(CCCC(=O)N2CCCC(C(C)O)C2)cc1. The summed E-state index contributed by atoms with van der Waals surface area (Å²) in [6, 6.07) is 8.01. The molecule has 22 heavy (non-hydrogen) atoms. The number of nitrogens with zero attached hydrogens (tertiary/aromatic N) is 1. The predicted molar refractivity (Wildman–Crippen MR) is 86.9 cm³/mol. The van der Waals surface area contributed by atoms with Crippen LogP contribution < -0.4 is 4.74 Å². The molecule has 1 aromatic rings. The zero-order valence-corrected chi connectivity index (χ0v) is 13.6. The molecule has 1 saturated heterocycles. The van der Waals surface area contributed by atoms with E-state index in [4.69, 9.17) is 4.74 Å². The minimum absolute atomic E-state index is 0.221. The van der Waals surface area contributed by atoms with Crippen LogP contribution in [0.3, 0.4) is 0 Å². The maximum atomic E-state index is 12.3. The lowest BCUT2D eigenvalue weighted by Crippen LogP contribution is -2.42. The van der Waals surface area contributed by atoms with Crippen LogP contribution in [0.1, 0.15) is 38.2 Å². The van der Waals surface area contributed by atoms with Crippen LogP contribution in [0, 0.1) is 5.92 Å². The van der Waals surface area contributed by atoms with Crippen molar-refractivity contribution in [2.75, 3.05) is 20.2 Å². The summed E-state index contributed by atoms with van der Waals surface area (Å²) in [7, 11) is 1.66. The van der Waals surface area contributed by atoms with Gasteiger partial charge in [-0.2, -0.15) is 0 Å². The van der Waals surface area contributed by atoms with Gasteiger partial charge in [0, 0.05) is 25.4 Å². The number of rotatable bonds is 6. The van der Waals surface area contributed by atoms with E-state index in [2.05, 4.69) is 0 Å². The van der Waals surface area contributed by atoms with E-state index in [1.165, 1.54) is 5.56 Å². The van der Waals surface area contributed by atoms with E-state index in [9.17, 15) is 9.90 Å². The number of hydrogen-bond donors (Lipinski definition) is 1. The molecule has 0 spiro atoms. The first kappa shape index (κ1) is 16.8. The minimum atomic E-state index is -0.324. The van der Waals surface area contributed by atoms with Gasteiger partial charge in [-0.15, -0.1) is 0 Å². The highest BCUT2D eigenvalue weighted by atomic mass is 16.5. The minimum Gasteiger partial charge on any atom is -0.497 e. The highest BCUT2D eigenvalue weighted by molar-refractivity contribution is 5.76. The fourth-order valence-electron chi connectivity index (χ4n) is 3.02. The number of carbonyl (C=O) groups excluding carboxylic acids is 1. The summed E-state index contributed by atoms with van der Waals surface area (Å²) < 4.78 is 5.14. The van der Waals surface area contributed by atoms with E-state index in [0.717, 1.165) is 38.0 Å². The highest BCUT2D eigenvalue weighted by Gasteiger charge is 2.25. The Morgan fingerprint density at radius 3 is 2.77 bits per heavy atom. The van der Waals surface area contributed by atoms with E-state index in [1.807, 2.05) is 36.1 Å². The second-order valence-electron chi connectivity index (χ2n) is 6.18. The summed E-state index contributed by atoms with van der Waals surface area (Å²) >= 11 is 0. The maximum absolute atomic E-state index is 12.3. The van der Waals surface area contributed by atoms with Crippen molar-refractivity contribution < 1.29 is 14.6 Å². The molecule has 2 unspecified atom stereocenters. The first-order valence-electron chi connectivity index (χ1n) is 8.19. The Labute approximate surface area is 133 Å². The molecule has 2 atom stereocenters. The van der Waals surface area contributed by atoms with Gasteiger partial charge in [-0.1, -0.05) is 12.1 Å². The molecule has 1 aromatic carbocycles. The molecule has 1 N–H and O–H groups in total. The molecule has 0 radical (unpaired) electrons. The van der Waals surface area contributed by atoms with Crippen molar-refractivity contribution in [3.05, 3.63) is 29.8 Å². The predicted octanol–water partition coefficient (Wildman–Crippen LogP) is 2.64. The summed E-state index contributed by atoms with van der Waals surface area (Å²) in [5, 5.41) is 9.70. The van der Waals surface area contributed by atoms with Crippen molar-refractivity contribution in [1.82, 2.24) is 4.90 Å². The Morgan fingerprint density at radius 2 is 2.14 bits per heavy atom. The van der Waals surface area contributed by atoms with Gasteiger partial charge in [-0.3, -0.25) is 4.79 Å². The van der Waals surface area contributed by atoms with Gasteiger partial charge in [-0.05, 0) is 50.3 Å². The van der Waals surface area contributed by atoms with Crippen LogP contribution >= 0.6 is 0 Å². The lowest BCUT2D eigenvalue weighted by molar-refractivity contribution is -0.133. The van der Waals surface area contributed by atoms with Crippen LogP contribution in [0.2, 0.25) is 0 Å². The van der Waals surface area contributed by atoms with E-state index >= 15 is 0 Å². The molecule has 1 aliphatic rings. The molecule has 1 amide bonds. The van der Waals surface area contributed by atoms with Gasteiger partial charge >= 0.3 is 0 Å². The summed E-state index contributed by atoms with van der Waals surface area (Å²) in [4.78, 5) is 14.2. The van der Waals surface area contributed by atoms with Gasteiger partial charge in [0.25, 0.3) is 0 Å². The molecule has 0 aliphatic carbocycles. The van der Waals surface area contributed by atoms with Gasteiger partial charge in [0.2, 0.25) is 5.91 Å². The molecule has 1 aliphatic heterocycles. The number of aliphatic hydroxyl groups is 1. The van der Waals surface area contributed by atoms with E-state index < -0.39 is 0 Å². The van der Waals surface area contributed by atoms with Gasteiger partial charge in [0.05, 0.1) is 13.2 Å². The summed E-state index contributed by atoms with van der Waals surface area (Å²) in [5.74, 6) is 1.32. The number of amides is 1. The molecule has 1 fully saturated rings. The first-order chi connectivity index (χ1) is 10.6. The number of carbonyl (C=O) groups is 1. The Bertz CT molecular complexity index is 470. The van der Waals surface area contributed by atoms with Crippen LogP contribution in [0.4, 0.5) is 0 Å². The van der Waals surface area contributed by atoms with Gasteiger partial charge in [-0.25, -0.2) is 0 Å². The molecular weight excluding hydrogens is 278 g/mol. The maximum Gasteiger partial charge on any atom is 0.222 e. The summed E-state index contributed by atoms with van der Waals surface area (Å²) in [6.45, 7) is 3.37. The zero-order chi connectivity index (χ0) is 15.9. The van der Waals surface area contributed by atoms with Crippen LogP contribution in [-0.2, 0) is 11.2 Å². The van der Waals surface area contributed by atoms with Crippen molar-refractivity contribution in [2.24, 2.45) is 5.92 Å². The standard InChI is InChI=1S/C18H27NO3/c1-14(20)16-6-4-12-19(13-16)18(21)7-3-5-15-8-10-17(22-2)11-9-15/h8-11,14,16,20H,3-7,12-13H2,1-2H3.